The molecule has 19 nitrogen and oxygen atoms in total. The molecule has 3 aromatic carbocycles. The Hall–Kier alpha value is -6.96. The van der Waals surface area contributed by atoms with Gasteiger partial charge in [0.25, 0.3) is 0 Å². The van der Waals surface area contributed by atoms with Crippen LogP contribution >= 0.6 is 11.8 Å². The standard InChI is InChI=1S/C48H62N8O11S/c1-30(2)43-45(64)52-35(20-21-42(61)62)46(65)54(3)28-40(59)51-37(25-33-16-18-34(57)19-17-33)47(66)56(5)38(26-32-14-10-7-11-15-32)48(67)55(4)27-39(58)49-22-23-68-29-41(60)50-36(44(63)53-43)24-31-12-8-6-9-13-31/h6-19,30,35-38,43,57H,20-29H2,1-5H3,(H,49,58)(H,50,60)(H,51,59)(H,52,64)(H,53,63)(H,61,62)/t35-,36-,37-,38-,43-/m0/s1. The first-order chi connectivity index (χ1) is 32.3. The lowest BCUT2D eigenvalue weighted by Gasteiger charge is -2.33. The van der Waals surface area contributed by atoms with E-state index < -0.39 is 102 Å². The summed E-state index contributed by atoms with van der Waals surface area (Å²) in [5, 5.41) is 33.0. The zero-order chi connectivity index (χ0) is 49.9. The lowest BCUT2D eigenvalue weighted by atomic mass is 10.00. The number of carbonyl (C=O) groups excluding carboxylic acids is 8. The van der Waals surface area contributed by atoms with Crippen molar-refractivity contribution in [2.24, 2.45) is 5.92 Å². The van der Waals surface area contributed by atoms with Gasteiger partial charge in [-0.2, -0.15) is 11.8 Å². The van der Waals surface area contributed by atoms with Gasteiger partial charge in [-0.25, -0.2) is 0 Å². The summed E-state index contributed by atoms with van der Waals surface area (Å²) in [6.45, 7) is 2.41. The van der Waals surface area contributed by atoms with Gasteiger partial charge in [-0.05, 0) is 41.2 Å². The molecule has 0 aliphatic carbocycles. The molecule has 1 fully saturated rings. The Morgan fingerprint density at radius 1 is 0.632 bits per heavy atom. The molecule has 1 heterocycles. The molecule has 68 heavy (non-hydrogen) atoms. The van der Waals surface area contributed by atoms with Gasteiger partial charge in [0.05, 0.1) is 18.8 Å². The molecule has 4 rings (SSSR count). The monoisotopic (exact) mass is 958 g/mol. The van der Waals surface area contributed by atoms with Crippen molar-refractivity contribution < 1.29 is 53.4 Å². The number of hydrogen-bond acceptors (Lipinski definition) is 11. The number of phenolic OH excluding ortho intramolecular Hbond substituents is 1. The number of carboxylic acid groups (broad SMARTS) is 1. The molecule has 1 saturated heterocycles. The number of phenols is 1. The van der Waals surface area contributed by atoms with E-state index in [2.05, 4.69) is 26.6 Å². The summed E-state index contributed by atoms with van der Waals surface area (Å²) < 4.78 is 0. The molecule has 0 bridgehead atoms. The van der Waals surface area contributed by atoms with E-state index in [-0.39, 0.29) is 50.3 Å². The number of hydrogen-bond donors (Lipinski definition) is 7. The van der Waals surface area contributed by atoms with E-state index >= 15 is 0 Å². The minimum absolute atomic E-state index is 0.0398. The zero-order valence-corrected chi connectivity index (χ0v) is 39.8. The summed E-state index contributed by atoms with van der Waals surface area (Å²) in [7, 11) is 4.10. The number of amides is 8. The Morgan fingerprint density at radius 3 is 1.78 bits per heavy atom. The van der Waals surface area contributed by atoms with Crippen molar-refractivity contribution in [1.82, 2.24) is 41.3 Å². The van der Waals surface area contributed by atoms with Gasteiger partial charge in [0.15, 0.2) is 0 Å². The molecule has 20 heteroatoms. The van der Waals surface area contributed by atoms with E-state index in [0.29, 0.717) is 22.4 Å². The number of aliphatic carboxylic acids is 1. The molecule has 7 N–H and O–H groups in total. The molecule has 1 aliphatic heterocycles. The number of nitrogens with one attached hydrogen (secondary N) is 5. The van der Waals surface area contributed by atoms with Gasteiger partial charge in [-0.15, -0.1) is 0 Å². The number of carbonyl (C=O) groups is 9. The second-order valence-corrected chi connectivity index (χ2v) is 18.1. The summed E-state index contributed by atoms with van der Waals surface area (Å²) in [6.07, 6.45) is -0.932. The number of rotatable bonds is 10. The lowest BCUT2D eigenvalue weighted by Crippen LogP contribution is -2.59. The van der Waals surface area contributed by atoms with Crippen molar-refractivity contribution in [3.05, 3.63) is 102 Å². The average Bonchev–Trinajstić information content (AvgIpc) is 3.30. The zero-order valence-electron chi connectivity index (χ0n) is 38.9. The second kappa shape index (κ2) is 26.4. The van der Waals surface area contributed by atoms with Gasteiger partial charge in [0.1, 0.15) is 36.0 Å². The van der Waals surface area contributed by atoms with Gasteiger partial charge in [-0.1, -0.05) is 86.6 Å². The molecule has 0 spiro atoms. The van der Waals surface area contributed by atoms with Crippen molar-refractivity contribution in [3.8, 4) is 5.75 Å². The first-order valence-electron chi connectivity index (χ1n) is 22.2. The largest absolute Gasteiger partial charge is 0.508 e. The molecule has 1 aliphatic rings. The summed E-state index contributed by atoms with van der Waals surface area (Å²) >= 11 is 1.19. The first-order valence-corrected chi connectivity index (χ1v) is 23.4. The molecule has 5 atom stereocenters. The quantitative estimate of drug-likeness (QED) is 0.147. The highest BCUT2D eigenvalue weighted by molar-refractivity contribution is 7.99. The van der Waals surface area contributed by atoms with E-state index in [9.17, 15) is 53.4 Å². The van der Waals surface area contributed by atoms with E-state index in [4.69, 9.17) is 0 Å². The van der Waals surface area contributed by atoms with Crippen LogP contribution in [0.5, 0.6) is 5.75 Å². The van der Waals surface area contributed by atoms with Crippen LogP contribution in [0.4, 0.5) is 0 Å². The average molecular weight is 959 g/mol. The van der Waals surface area contributed by atoms with Crippen LogP contribution in [0.25, 0.3) is 0 Å². The highest BCUT2D eigenvalue weighted by atomic mass is 32.2. The Morgan fingerprint density at radius 2 is 1.18 bits per heavy atom. The van der Waals surface area contributed by atoms with Crippen molar-refractivity contribution in [2.75, 3.05) is 52.3 Å². The van der Waals surface area contributed by atoms with Crippen LogP contribution in [0.1, 0.15) is 43.4 Å². The van der Waals surface area contributed by atoms with Crippen molar-refractivity contribution in [2.45, 2.75) is 76.2 Å². The predicted octanol–water partition coefficient (Wildman–Crippen LogP) is 0.487. The van der Waals surface area contributed by atoms with Gasteiger partial charge >= 0.3 is 5.97 Å². The third-order valence-corrected chi connectivity index (χ3v) is 12.1. The third-order valence-electron chi connectivity index (χ3n) is 11.1. The summed E-state index contributed by atoms with van der Waals surface area (Å²) in [5.74, 6) is -7.09. The minimum Gasteiger partial charge on any atom is -0.508 e. The number of carboxylic acids is 1. The fraction of sp³-hybridized carbons (Fsp3) is 0.438. The van der Waals surface area contributed by atoms with E-state index in [1.165, 1.54) is 54.8 Å². The molecule has 0 saturated carbocycles. The molecule has 8 amide bonds. The van der Waals surface area contributed by atoms with Crippen LogP contribution in [-0.2, 0) is 62.4 Å². The Kier molecular flexibility index (Phi) is 20.8. The first kappa shape index (κ1) is 53.7. The highest BCUT2D eigenvalue weighted by Gasteiger charge is 2.36. The van der Waals surface area contributed by atoms with Gasteiger partial charge in [-0.3, -0.25) is 43.2 Å². The smallest absolute Gasteiger partial charge is 0.303 e. The van der Waals surface area contributed by atoms with Gasteiger partial charge in [0, 0.05) is 59.1 Å². The SMILES string of the molecule is CC(C)[C@@H]1NC(=O)[C@H](Cc2ccccc2)NC(=O)CSCCNC(=O)CN(C)C(=O)[C@H](Cc2ccccc2)N(C)C(=O)[C@H](Cc2ccc(O)cc2)NC(=O)CN(C)C(=O)[C@H](CCC(=O)O)NC1=O. The summed E-state index contributed by atoms with van der Waals surface area (Å²) in [4.78, 5) is 126. The van der Waals surface area contributed by atoms with Crippen molar-refractivity contribution in [3.63, 3.8) is 0 Å². The highest BCUT2D eigenvalue weighted by Crippen LogP contribution is 2.17. The number of nitrogens with zero attached hydrogens (tertiary/aromatic N) is 3. The molecule has 3 aromatic rings. The number of likely N-dealkylation sites (N-methyl/N-ethyl adjacent to an activating group) is 3. The lowest BCUT2D eigenvalue weighted by molar-refractivity contribution is -0.146. The maximum absolute atomic E-state index is 14.6. The van der Waals surface area contributed by atoms with Gasteiger partial charge < -0.3 is 51.5 Å². The number of benzene rings is 3. The molecular weight excluding hydrogens is 897 g/mol. The summed E-state index contributed by atoms with van der Waals surface area (Å²) in [6, 6.07) is 17.4. The maximum atomic E-state index is 14.6. The molecular formula is C48H62N8O11S. The maximum Gasteiger partial charge on any atom is 0.303 e. The molecule has 366 valence electrons. The van der Waals surface area contributed by atoms with Gasteiger partial charge in [0.2, 0.25) is 47.3 Å². The van der Waals surface area contributed by atoms with Crippen molar-refractivity contribution >= 4 is 65.0 Å². The molecule has 0 unspecified atom stereocenters. The Labute approximate surface area is 400 Å². The third kappa shape index (κ3) is 17.0. The Bertz CT molecular complexity index is 2230. The minimum atomic E-state index is -1.47. The molecule has 0 aromatic heterocycles. The predicted molar refractivity (Wildman–Crippen MR) is 254 cm³/mol. The number of thioether (sulfide) groups is 1. The summed E-state index contributed by atoms with van der Waals surface area (Å²) in [5.41, 5.74) is 1.95. The van der Waals surface area contributed by atoms with E-state index in [0.717, 1.165) is 4.90 Å². The van der Waals surface area contributed by atoms with Crippen LogP contribution in [0, 0.1) is 5.92 Å². The van der Waals surface area contributed by atoms with Crippen LogP contribution in [-0.4, -0.2) is 161 Å². The molecule has 0 radical (unpaired) electrons. The van der Waals surface area contributed by atoms with E-state index in [1.807, 2.05) is 0 Å². The fourth-order valence-electron chi connectivity index (χ4n) is 7.40. The van der Waals surface area contributed by atoms with Crippen LogP contribution in [0.3, 0.4) is 0 Å². The van der Waals surface area contributed by atoms with E-state index in [1.54, 1.807) is 86.6 Å². The second-order valence-electron chi connectivity index (χ2n) is 17.0. The number of aromatic hydroxyl groups is 1. The van der Waals surface area contributed by atoms with Crippen LogP contribution < -0.4 is 26.6 Å². The topological polar surface area (TPSA) is 264 Å². The normalized spacial score (nSPS) is 21.9. The van der Waals surface area contributed by atoms with Crippen LogP contribution in [0.15, 0.2) is 84.9 Å². The fourth-order valence-corrected chi connectivity index (χ4v) is 8.05. The van der Waals surface area contributed by atoms with Crippen molar-refractivity contribution in [1.29, 1.82) is 0 Å². The van der Waals surface area contributed by atoms with Crippen LogP contribution in [0.2, 0.25) is 0 Å². The Balaban J connectivity index is 1.70.